The van der Waals surface area contributed by atoms with Crippen molar-refractivity contribution in [2.24, 2.45) is 0 Å². The summed E-state index contributed by atoms with van der Waals surface area (Å²) in [6.45, 7) is 7.70. The Balaban J connectivity index is 3.24. The van der Waals surface area contributed by atoms with Gasteiger partial charge in [0.15, 0.2) is 0 Å². The lowest BCUT2D eigenvalue weighted by atomic mass is 10.2. The number of nitrogens with zero attached hydrogens (tertiary/aromatic N) is 1. The molecule has 0 aliphatic carbocycles. The number of rotatable bonds is 13. The summed E-state index contributed by atoms with van der Waals surface area (Å²) >= 11 is 0. The molecule has 0 unspecified atom stereocenters. The molecule has 4 nitrogen and oxygen atoms in total. The number of ether oxygens (including phenoxy) is 2. The van der Waals surface area contributed by atoms with E-state index < -0.39 is 0 Å². The minimum absolute atomic E-state index is 0.0886. The van der Waals surface area contributed by atoms with Crippen molar-refractivity contribution in [2.45, 2.75) is 52.4 Å². The van der Waals surface area contributed by atoms with Gasteiger partial charge in [0.05, 0.1) is 6.61 Å². The summed E-state index contributed by atoms with van der Waals surface area (Å²) in [6, 6.07) is 0. The van der Waals surface area contributed by atoms with Gasteiger partial charge in [-0.05, 0) is 32.9 Å². The number of hydrogen-bond acceptors (Lipinski definition) is 4. The second kappa shape index (κ2) is 13.8. The van der Waals surface area contributed by atoms with Crippen molar-refractivity contribution in [1.82, 2.24) is 4.90 Å². The third-order valence-electron chi connectivity index (χ3n) is 2.91. The maximum Gasteiger partial charge on any atom is 0.332 e. The second-order valence-corrected chi connectivity index (χ2v) is 4.99. The van der Waals surface area contributed by atoms with Gasteiger partial charge in [-0.3, -0.25) is 0 Å². The number of esters is 1. The molecule has 0 radical (unpaired) electrons. The molecule has 0 heterocycles. The Morgan fingerprint density at radius 3 is 2.42 bits per heavy atom. The molecule has 0 N–H and O–H groups in total. The molecular weight excluding hydrogens is 242 g/mol. The first-order valence-corrected chi connectivity index (χ1v) is 7.62. The van der Waals surface area contributed by atoms with Crippen molar-refractivity contribution in [3.8, 4) is 0 Å². The van der Waals surface area contributed by atoms with Crippen LogP contribution in [0.15, 0.2) is 0 Å². The van der Waals surface area contributed by atoms with E-state index in [4.69, 9.17) is 9.47 Å². The monoisotopic (exact) mass is 273 g/mol. The molecule has 0 aliphatic rings. The minimum atomic E-state index is -0.238. The van der Waals surface area contributed by atoms with Gasteiger partial charge in [-0.15, -0.1) is 0 Å². The molecule has 0 aromatic heterocycles. The van der Waals surface area contributed by atoms with Gasteiger partial charge in [0, 0.05) is 13.2 Å². The van der Waals surface area contributed by atoms with Gasteiger partial charge in [-0.25, -0.2) is 4.79 Å². The van der Waals surface area contributed by atoms with E-state index in [9.17, 15) is 4.79 Å². The zero-order valence-electron chi connectivity index (χ0n) is 13.0. The molecule has 0 spiro atoms. The first kappa shape index (κ1) is 18.4. The lowest BCUT2D eigenvalue weighted by Gasteiger charge is -2.14. The van der Waals surface area contributed by atoms with Crippen LogP contribution in [0.25, 0.3) is 0 Å². The van der Waals surface area contributed by atoms with Gasteiger partial charge < -0.3 is 14.4 Å². The summed E-state index contributed by atoms with van der Waals surface area (Å²) in [5.74, 6) is -0.238. The normalized spacial score (nSPS) is 10.9. The molecule has 0 saturated heterocycles. The van der Waals surface area contributed by atoms with E-state index in [1.807, 2.05) is 0 Å². The van der Waals surface area contributed by atoms with Crippen LogP contribution in [-0.2, 0) is 14.3 Å². The van der Waals surface area contributed by atoms with Crippen molar-refractivity contribution in [3.63, 3.8) is 0 Å². The molecule has 0 aromatic carbocycles. The van der Waals surface area contributed by atoms with Crippen molar-refractivity contribution < 1.29 is 14.3 Å². The molecule has 0 aliphatic heterocycles. The number of hydrogen-bond donors (Lipinski definition) is 0. The smallest absolute Gasteiger partial charge is 0.332 e. The quantitative estimate of drug-likeness (QED) is 0.382. The van der Waals surface area contributed by atoms with E-state index in [0.29, 0.717) is 13.2 Å². The fourth-order valence-corrected chi connectivity index (χ4v) is 1.84. The molecule has 0 aromatic rings. The van der Waals surface area contributed by atoms with Crippen molar-refractivity contribution >= 4 is 5.97 Å². The van der Waals surface area contributed by atoms with Crippen LogP contribution in [0, 0.1) is 0 Å². The molecule has 0 bridgehead atoms. The van der Waals surface area contributed by atoms with E-state index in [1.165, 1.54) is 19.3 Å². The van der Waals surface area contributed by atoms with E-state index in [-0.39, 0.29) is 12.6 Å². The van der Waals surface area contributed by atoms with Crippen LogP contribution < -0.4 is 0 Å². The van der Waals surface area contributed by atoms with Crippen LogP contribution in [0.2, 0.25) is 0 Å². The lowest BCUT2D eigenvalue weighted by Crippen LogP contribution is -2.22. The molecular formula is C15H31NO3. The van der Waals surface area contributed by atoms with Gasteiger partial charge in [0.2, 0.25) is 0 Å². The van der Waals surface area contributed by atoms with E-state index in [1.54, 1.807) is 0 Å². The predicted molar refractivity (Wildman–Crippen MR) is 78.3 cm³/mol. The molecule has 0 saturated carbocycles. The van der Waals surface area contributed by atoms with Gasteiger partial charge in [-0.1, -0.05) is 33.1 Å². The third kappa shape index (κ3) is 13.6. The van der Waals surface area contributed by atoms with E-state index in [2.05, 4.69) is 25.8 Å². The van der Waals surface area contributed by atoms with Crippen LogP contribution in [0.4, 0.5) is 0 Å². The molecule has 4 heteroatoms. The summed E-state index contributed by atoms with van der Waals surface area (Å²) in [4.78, 5) is 13.6. The highest BCUT2D eigenvalue weighted by atomic mass is 16.6. The Morgan fingerprint density at radius 2 is 1.74 bits per heavy atom. The highest BCUT2D eigenvalue weighted by molar-refractivity contribution is 5.70. The lowest BCUT2D eigenvalue weighted by molar-refractivity contribution is -0.149. The Morgan fingerprint density at radius 1 is 0.947 bits per heavy atom. The number of unbranched alkanes of at least 4 members (excludes halogenated alkanes) is 3. The highest BCUT2D eigenvalue weighted by Gasteiger charge is 2.03. The van der Waals surface area contributed by atoms with Crippen LogP contribution in [-0.4, -0.2) is 50.8 Å². The van der Waals surface area contributed by atoms with Crippen molar-refractivity contribution in [1.29, 1.82) is 0 Å². The Labute approximate surface area is 118 Å². The zero-order valence-corrected chi connectivity index (χ0v) is 13.0. The van der Waals surface area contributed by atoms with E-state index in [0.717, 1.165) is 32.4 Å². The summed E-state index contributed by atoms with van der Waals surface area (Å²) in [5, 5.41) is 0. The van der Waals surface area contributed by atoms with Crippen LogP contribution in [0.5, 0.6) is 0 Å². The summed E-state index contributed by atoms with van der Waals surface area (Å²) < 4.78 is 10.4. The number of carbonyl (C=O) groups is 1. The summed E-state index contributed by atoms with van der Waals surface area (Å²) in [5.41, 5.74) is 0. The first-order chi connectivity index (χ1) is 9.20. The van der Waals surface area contributed by atoms with Crippen molar-refractivity contribution in [3.05, 3.63) is 0 Å². The van der Waals surface area contributed by atoms with Crippen LogP contribution in [0.1, 0.15) is 52.4 Å². The van der Waals surface area contributed by atoms with Crippen LogP contribution >= 0.6 is 0 Å². The molecule has 0 rings (SSSR count). The molecule has 0 amide bonds. The molecule has 0 fully saturated rings. The zero-order chi connectivity index (χ0) is 14.3. The van der Waals surface area contributed by atoms with Gasteiger partial charge in [0.25, 0.3) is 0 Å². The van der Waals surface area contributed by atoms with Crippen molar-refractivity contribution in [2.75, 3.05) is 40.0 Å². The number of carbonyl (C=O) groups excluding carboxylic acids is 1. The first-order valence-electron chi connectivity index (χ1n) is 7.62. The average Bonchev–Trinajstić information content (AvgIpc) is 2.38. The Kier molecular flexibility index (Phi) is 13.4. The molecule has 114 valence electrons. The molecule has 0 atom stereocenters. The standard InChI is InChI=1S/C15H31NO3/c1-4-6-7-8-13-19-15(17)14-18-12-9-11-16(3)10-5-2/h4-14H2,1-3H3. The predicted octanol–water partition coefficient (Wildman–Crippen LogP) is 2.86. The fourth-order valence-electron chi connectivity index (χ4n) is 1.84. The minimum Gasteiger partial charge on any atom is -0.464 e. The third-order valence-corrected chi connectivity index (χ3v) is 2.91. The maximum absolute atomic E-state index is 11.3. The fraction of sp³-hybridized carbons (Fsp3) is 0.933. The SMILES string of the molecule is CCCCCCOC(=O)COCCCN(C)CCC. The highest BCUT2D eigenvalue weighted by Crippen LogP contribution is 1.99. The molecule has 19 heavy (non-hydrogen) atoms. The van der Waals surface area contributed by atoms with Crippen LogP contribution in [0.3, 0.4) is 0 Å². The maximum atomic E-state index is 11.3. The van der Waals surface area contributed by atoms with Gasteiger partial charge >= 0.3 is 5.97 Å². The largest absolute Gasteiger partial charge is 0.464 e. The topological polar surface area (TPSA) is 38.8 Å². The Hall–Kier alpha value is -0.610. The second-order valence-electron chi connectivity index (χ2n) is 4.99. The van der Waals surface area contributed by atoms with Gasteiger partial charge in [0.1, 0.15) is 6.61 Å². The Bertz CT molecular complexity index is 210. The van der Waals surface area contributed by atoms with Gasteiger partial charge in [-0.2, -0.15) is 0 Å². The summed E-state index contributed by atoms with van der Waals surface area (Å²) in [6.07, 6.45) is 6.63. The average molecular weight is 273 g/mol. The van der Waals surface area contributed by atoms with E-state index >= 15 is 0 Å². The summed E-state index contributed by atoms with van der Waals surface area (Å²) in [7, 11) is 2.11.